The summed E-state index contributed by atoms with van der Waals surface area (Å²) in [4.78, 5) is 40.8. The second kappa shape index (κ2) is 9.38. The smallest absolute Gasteiger partial charge is 0.339 e. The van der Waals surface area contributed by atoms with Gasteiger partial charge in [0.1, 0.15) is 5.82 Å². The molecule has 0 fully saturated rings. The van der Waals surface area contributed by atoms with Gasteiger partial charge < -0.3 is 10.1 Å². The lowest BCUT2D eigenvalue weighted by Crippen LogP contribution is -2.39. The van der Waals surface area contributed by atoms with Crippen molar-refractivity contribution in [3.05, 3.63) is 75.7 Å². The molecule has 168 valence electrons. The summed E-state index contributed by atoms with van der Waals surface area (Å²) >= 11 is 6.18. The average Bonchev–Trinajstić information content (AvgIpc) is 3.20. The number of ether oxygens (including phenoxy) is 1. The van der Waals surface area contributed by atoms with E-state index in [-0.39, 0.29) is 10.6 Å². The predicted octanol–water partition coefficient (Wildman–Crippen LogP) is 4.13. The first-order valence-corrected chi connectivity index (χ1v) is 10.5. The van der Waals surface area contributed by atoms with Gasteiger partial charge in [0.05, 0.1) is 21.8 Å². The second-order valence-electron chi connectivity index (χ2n) is 7.34. The Labute approximate surface area is 193 Å². The van der Waals surface area contributed by atoms with E-state index in [1.165, 1.54) is 19.2 Å². The Balaban J connectivity index is 1.73. The van der Waals surface area contributed by atoms with Gasteiger partial charge >= 0.3 is 12.0 Å². The molecule has 9 heteroatoms. The number of allylic oxidation sites excluding steroid dienone is 1. The SMILES string of the molecule is CNC(=O)NC(=O)COC(=O)c1c2c(nc3ccccc13)/C(=C/c1c(F)cccc1Cl)CC2. The molecule has 3 amide bonds. The lowest BCUT2D eigenvalue weighted by atomic mass is 10.0. The van der Waals surface area contributed by atoms with Crippen LogP contribution in [0.15, 0.2) is 42.5 Å². The zero-order valence-electron chi connectivity index (χ0n) is 17.6. The van der Waals surface area contributed by atoms with Crippen LogP contribution in [0.25, 0.3) is 22.6 Å². The van der Waals surface area contributed by atoms with Crippen LogP contribution in [0.2, 0.25) is 5.02 Å². The van der Waals surface area contributed by atoms with Gasteiger partial charge in [0.2, 0.25) is 0 Å². The first-order valence-electron chi connectivity index (χ1n) is 10.1. The fourth-order valence-corrected chi connectivity index (χ4v) is 3.98. The summed E-state index contributed by atoms with van der Waals surface area (Å²) in [6.07, 6.45) is 2.66. The number of rotatable bonds is 4. The Hall–Kier alpha value is -3.78. The molecular weight excluding hydrogens is 449 g/mol. The van der Waals surface area contributed by atoms with Crippen LogP contribution in [0, 0.1) is 5.82 Å². The number of pyridine rings is 1. The summed E-state index contributed by atoms with van der Waals surface area (Å²) in [5.41, 5.74) is 3.08. The van der Waals surface area contributed by atoms with Gasteiger partial charge in [-0.3, -0.25) is 10.1 Å². The van der Waals surface area contributed by atoms with Gasteiger partial charge in [-0.1, -0.05) is 35.9 Å². The lowest BCUT2D eigenvalue weighted by molar-refractivity contribution is -0.123. The molecule has 3 aromatic rings. The van der Waals surface area contributed by atoms with Crippen LogP contribution in [0.1, 0.15) is 33.6 Å². The molecule has 4 rings (SSSR count). The molecule has 33 heavy (non-hydrogen) atoms. The number of carbonyl (C=O) groups is 3. The number of halogens is 2. The molecule has 1 heterocycles. The van der Waals surface area contributed by atoms with E-state index in [4.69, 9.17) is 21.3 Å². The fourth-order valence-electron chi connectivity index (χ4n) is 3.76. The monoisotopic (exact) mass is 467 g/mol. The molecule has 2 aromatic carbocycles. The van der Waals surface area contributed by atoms with Gasteiger partial charge in [-0.25, -0.2) is 19.0 Å². The summed E-state index contributed by atoms with van der Waals surface area (Å²) < 4.78 is 19.5. The first kappa shape index (κ1) is 22.4. The molecule has 0 aliphatic heterocycles. The van der Waals surface area contributed by atoms with E-state index in [0.29, 0.717) is 40.6 Å². The molecule has 2 N–H and O–H groups in total. The van der Waals surface area contributed by atoms with Gasteiger partial charge in [0.25, 0.3) is 5.91 Å². The standard InChI is InChI=1S/C24H19ClFN3O4/c1-27-24(32)29-20(30)12-33-23(31)21-14-5-2-3-8-19(14)28-22-13(9-10-15(21)22)11-16-17(25)6-4-7-18(16)26/h2-8,11H,9-10,12H2,1H3,(H2,27,29,30,32)/b13-11+. The molecule has 1 aliphatic carbocycles. The number of amides is 3. The number of carbonyl (C=O) groups excluding carboxylic acids is 3. The topological polar surface area (TPSA) is 97.4 Å². The number of urea groups is 1. The summed E-state index contributed by atoms with van der Waals surface area (Å²) in [5, 5.41) is 5.14. The van der Waals surface area contributed by atoms with Crippen molar-refractivity contribution in [3.63, 3.8) is 0 Å². The Morgan fingerprint density at radius 2 is 1.94 bits per heavy atom. The quantitative estimate of drug-likeness (QED) is 0.562. The maximum absolute atomic E-state index is 14.3. The minimum Gasteiger partial charge on any atom is -0.452 e. The van der Waals surface area contributed by atoms with Crippen LogP contribution in [0.3, 0.4) is 0 Å². The fraction of sp³-hybridized carbons (Fsp3) is 0.167. The molecule has 7 nitrogen and oxygen atoms in total. The van der Waals surface area contributed by atoms with Crippen molar-refractivity contribution in [1.82, 2.24) is 15.6 Å². The van der Waals surface area contributed by atoms with Crippen molar-refractivity contribution in [2.24, 2.45) is 0 Å². The van der Waals surface area contributed by atoms with Crippen molar-refractivity contribution in [1.29, 1.82) is 0 Å². The number of benzene rings is 2. The maximum atomic E-state index is 14.3. The van der Waals surface area contributed by atoms with Crippen molar-refractivity contribution in [2.75, 3.05) is 13.7 Å². The highest BCUT2D eigenvalue weighted by atomic mass is 35.5. The number of fused-ring (bicyclic) bond motifs is 2. The molecular formula is C24H19ClFN3O4. The third kappa shape index (κ3) is 4.56. The lowest BCUT2D eigenvalue weighted by Gasteiger charge is -2.12. The number of para-hydroxylation sites is 1. The normalized spacial score (nSPS) is 13.6. The van der Waals surface area contributed by atoms with Gasteiger partial charge in [0, 0.05) is 18.0 Å². The van der Waals surface area contributed by atoms with E-state index in [0.717, 1.165) is 5.57 Å². The summed E-state index contributed by atoms with van der Waals surface area (Å²) in [6.45, 7) is -0.620. The Bertz CT molecular complexity index is 1300. The molecule has 0 spiro atoms. The maximum Gasteiger partial charge on any atom is 0.339 e. The van der Waals surface area contributed by atoms with E-state index in [1.54, 1.807) is 36.4 Å². The number of hydrogen-bond donors (Lipinski definition) is 2. The predicted molar refractivity (Wildman–Crippen MR) is 122 cm³/mol. The van der Waals surface area contributed by atoms with E-state index in [2.05, 4.69) is 5.32 Å². The number of esters is 1. The molecule has 0 atom stereocenters. The first-order chi connectivity index (χ1) is 15.9. The van der Waals surface area contributed by atoms with E-state index < -0.39 is 30.3 Å². The Kier molecular flexibility index (Phi) is 6.37. The minimum absolute atomic E-state index is 0.256. The highest BCUT2D eigenvalue weighted by molar-refractivity contribution is 6.32. The largest absolute Gasteiger partial charge is 0.452 e. The summed E-state index contributed by atoms with van der Waals surface area (Å²) in [7, 11) is 1.36. The van der Waals surface area contributed by atoms with Crippen molar-refractivity contribution in [2.45, 2.75) is 12.8 Å². The third-order valence-electron chi connectivity index (χ3n) is 5.28. The number of nitrogens with one attached hydrogen (secondary N) is 2. The van der Waals surface area contributed by atoms with Crippen LogP contribution in [0.4, 0.5) is 9.18 Å². The highest BCUT2D eigenvalue weighted by Gasteiger charge is 2.28. The van der Waals surface area contributed by atoms with Crippen LogP contribution in [-0.4, -0.2) is 36.5 Å². The highest BCUT2D eigenvalue weighted by Crippen LogP contribution is 2.38. The van der Waals surface area contributed by atoms with Gasteiger partial charge in [0.15, 0.2) is 6.61 Å². The summed E-state index contributed by atoms with van der Waals surface area (Å²) in [6, 6.07) is 10.8. The van der Waals surface area contributed by atoms with E-state index >= 15 is 0 Å². The number of imide groups is 1. The van der Waals surface area contributed by atoms with Crippen molar-refractivity contribution >= 4 is 52.1 Å². The third-order valence-corrected chi connectivity index (χ3v) is 5.61. The Morgan fingerprint density at radius 3 is 2.70 bits per heavy atom. The van der Waals surface area contributed by atoms with Crippen LogP contribution < -0.4 is 10.6 Å². The number of nitrogens with zero attached hydrogens (tertiary/aromatic N) is 1. The van der Waals surface area contributed by atoms with E-state index in [1.807, 2.05) is 5.32 Å². The molecule has 0 saturated carbocycles. The van der Waals surface area contributed by atoms with Crippen LogP contribution in [-0.2, 0) is 16.0 Å². The number of hydrogen-bond acceptors (Lipinski definition) is 5. The molecule has 0 unspecified atom stereocenters. The Morgan fingerprint density at radius 1 is 1.15 bits per heavy atom. The van der Waals surface area contributed by atoms with Crippen molar-refractivity contribution < 1.29 is 23.5 Å². The second-order valence-corrected chi connectivity index (χ2v) is 7.75. The molecule has 0 radical (unpaired) electrons. The zero-order chi connectivity index (χ0) is 23.5. The van der Waals surface area contributed by atoms with Gasteiger partial charge in [-0.05, 0) is 48.3 Å². The van der Waals surface area contributed by atoms with Gasteiger partial charge in [-0.2, -0.15) is 0 Å². The van der Waals surface area contributed by atoms with Gasteiger partial charge in [-0.15, -0.1) is 0 Å². The number of aromatic nitrogens is 1. The average molecular weight is 468 g/mol. The molecule has 0 saturated heterocycles. The zero-order valence-corrected chi connectivity index (χ0v) is 18.3. The molecule has 0 bridgehead atoms. The summed E-state index contributed by atoms with van der Waals surface area (Å²) in [5.74, 6) is -1.92. The van der Waals surface area contributed by atoms with Crippen LogP contribution in [0.5, 0.6) is 0 Å². The molecule has 1 aromatic heterocycles. The molecule has 1 aliphatic rings. The van der Waals surface area contributed by atoms with Crippen LogP contribution >= 0.6 is 11.6 Å². The van der Waals surface area contributed by atoms with E-state index in [9.17, 15) is 18.8 Å². The minimum atomic E-state index is -0.757. The van der Waals surface area contributed by atoms with Crippen molar-refractivity contribution in [3.8, 4) is 0 Å².